The van der Waals surface area contributed by atoms with Gasteiger partial charge in [0.05, 0.1) is 17.9 Å². The number of imidazole rings is 1. The monoisotopic (exact) mass is 481 g/mol. The van der Waals surface area contributed by atoms with Crippen molar-refractivity contribution in [1.29, 1.82) is 0 Å². The van der Waals surface area contributed by atoms with Gasteiger partial charge in [-0.2, -0.15) is 0 Å². The lowest BCUT2D eigenvalue weighted by molar-refractivity contribution is -0.116. The van der Waals surface area contributed by atoms with Crippen molar-refractivity contribution in [3.05, 3.63) is 76.4 Å². The van der Waals surface area contributed by atoms with Crippen LogP contribution in [0.4, 0.5) is 5.69 Å². The summed E-state index contributed by atoms with van der Waals surface area (Å²) in [6, 6.07) is 14.3. The van der Waals surface area contributed by atoms with Crippen LogP contribution in [0.2, 0.25) is 5.02 Å². The van der Waals surface area contributed by atoms with Crippen LogP contribution < -0.4 is 5.32 Å². The molecule has 0 aliphatic rings. The molecule has 170 valence electrons. The Morgan fingerprint density at radius 2 is 1.88 bits per heavy atom. The van der Waals surface area contributed by atoms with E-state index in [9.17, 15) is 9.59 Å². The Balaban J connectivity index is 1.33. The van der Waals surface area contributed by atoms with E-state index in [1.807, 2.05) is 47.2 Å². The zero-order valence-electron chi connectivity index (χ0n) is 18.2. The highest BCUT2D eigenvalue weighted by Crippen LogP contribution is 2.25. The fourth-order valence-corrected chi connectivity index (χ4v) is 4.35. The van der Waals surface area contributed by atoms with Crippen molar-refractivity contribution in [2.24, 2.45) is 0 Å². The van der Waals surface area contributed by atoms with Crippen molar-refractivity contribution in [3.63, 3.8) is 0 Å². The lowest BCUT2D eigenvalue weighted by Crippen LogP contribution is -2.13. The number of amides is 1. The number of aryl methyl sites for hydroxylation is 1. The third-order valence-electron chi connectivity index (χ3n) is 5.17. The number of benzene rings is 2. The molecule has 4 aromatic rings. The van der Waals surface area contributed by atoms with Crippen molar-refractivity contribution >= 4 is 45.5 Å². The molecule has 1 amide bonds. The number of unbranched alkanes of at least 4 members (excludes halogenated alkanes) is 1. The van der Waals surface area contributed by atoms with Crippen LogP contribution in [-0.2, 0) is 16.0 Å². The Bertz CT molecular complexity index is 1250. The molecule has 0 saturated heterocycles. The number of carbonyl (C=O) groups excluding carboxylic acids is 2. The minimum atomic E-state index is -0.346. The molecule has 0 aliphatic carbocycles. The molecule has 0 unspecified atom stereocenters. The summed E-state index contributed by atoms with van der Waals surface area (Å²) < 4.78 is 7.23. The molecule has 8 heteroatoms. The molecule has 2 heterocycles. The zero-order chi connectivity index (χ0) is 23.2. The highest BCUT2D eigenvalue weighted by atomic mass is 35.5. The van der Waals surface area contributed by atoms with Crippen molar-refractivity contribution in [2.75, 3.05) is 11.9 Å². The average Bonchev–Trinajstić information content (AvgIpc) is 3.40. The number of carbonyl (C=O) groups is 2. The van der Waals surface area contributed by atoms with Crippen LogP contribution in [0.15, 0.2) is 60.1 Å². The molecule has 2 aromatic heterocycles. The van der Waals surface area contributed by atoms with Crippen LogP contribution >= 0.6 is 22.9 Å². The molecule has 0 saturated carbocycles. The average molecular weight is 482 g/mol. The van der Waals surface area contributed by atoms with E-state index < -0.39 is 0 Å². The van der Waals surface area contributed by atoms with Crippen molar-refractivity contribution in [3.8, 4) is 11.3 Å². The molecule has 0 atom stereocenters. The van der Waals surface area contributed by atoms with Gasteiger partial charge in [-0.15, -0.1) is 11.3 Å². The summed E-state index contributed by atoms with van der Waals surface area (Å²) in [7, 11) is 0. The largest absolute Gasteiger partial charge is 0.462 e. The third kappa shape index (κ3) is 5.80. The van der Waals surface area contributed by atoms with E-state index >= 15 is 0 Å². The van der Waals surface area contributed by atoms with Crippen molar-refractivity contribution < 1.29 is 14.3 Å². The molecular formula is C25H24ClN3O3S. The second-order valence-corrected chi connectivity index (χ2v) is 8.90. The highest BCUT2D eigenvalue weighted by Gasteiger charge is 2.12. The minimum Gasteiger partial charge on any atom is -0.462 e. The summed E-state index contributed by atoms with van der Waals surface area (Å²) >= 11 is 7.52. The summed E-state index contributed by atoms with van der Waals surface area (Å²) in [5, 5.41) is 5.60. The first-order valence-corrected chi connectivity index (χ1v) is 12.1. The molecule has 2 aromatic carbocycles. The van der Waals surface area contributed by atoms with Crippen LogP contribution in [0.5, 0.6) is 0 Å². The maximum absolute atomic E-state index is 12.5. The molecule has 33 heavy (non-hydrogen) atoms. The van der Waals surface area contributed by atoms with E-state index in [1.165, 1.54) is 0 Å². The van der Waals surface area contributed by atoms with E-state index in [1.54, 1.807) is 35.6 Å². The minimum absolute atomic E-state index is 0.0920. The summed E-state index contributed by atoms with van der Waals surface area (Å²) in [5.74, 6) is -0.438. The third-order valence-corrected chi connectivity index (χ3v) is 6.31. The number of esters is 1. The Morgan fingerprint density at radius 1 is 1.12 bits per heavy atom. The number of nitrogens with zero attached hydrogens (tertiary/aromatic N) is 2. The molecule has 0 bridgehead atoms. The number of halogens is 1. The van der Waals surface area contributed by atoms with E-state index in [-0.39, 0.29) is 11.9 Å². The number of nitrogens with one attached hydrogen (secondary N) is 1. The van der Waals surface area contributed by atoms with E-state index in [4.69, 9.17) is 16.3 Å². The quantitative estimate of drug-likeness (QED) is 0.227. The Morgan fingerprint density at radius 3 is 2.61 bits per heavy atom. The number of fused-ring (bicyclic) bond motifs is 1. The van der Waals surface area contributed by atoms with E-state index in [0.717, 1.165) is 34.8 Å². The van der Waals surface area contributed by atoms with Gasteiger partial charge in [0, 0.05) is 40.0 Å². The normalized spacial score (nSPS) is 11.0. The Kier molecular flexibility index (Phi) is 7.42. The maximum Gasteiger partial charge on any atom is 0.338 e. The van der Waals surface area contributed by atoms with Crippen LogP contribution in [0, 0.1) is 0 Å². The standard InChI is InChI=1S/C25H24ClN3O3S/c1-2-3-14-32-24(31)18-6-10-20(11-7-18)27-23(30)13-12-21-16-33-25-28-22(15-29(21)25)17-4-8-19(26)9-5-17/h4-11,15-16H,2-3,12-14H2,1H3,(H,27,30). The van der Waals surface area contributed by atoms with Gasteiger partial charge in [0.15, 0.2) is 4.96 Å². The van der Waals surface area contributed by atoms with Gasteiger partial charge in [-0.1, -0.05) is 37.1 Å². The SMILES string of the molecule is CCCCOC(=O)c1ccc(NC(=O)CCc2csc3nc(-c4ccc(Cl)cc4)cn23)cc1. The lowest BCUT2D eigenvalue weighted by Gasteiger charge is -2.07. The summed E-state index contributed by atoms with van der Waals surface area (Å²) in [5.41, 5.74) is 4.02. The fraction of sp³-hybridized carbons (Fsp3) is 0.240. The second-order valence-electron chi connectivity index (χ2n) is 7.63. The van der Waals surface area contributed by atoms with Gasteiger partial charge in [0.2, 0.25) is 5.91 Å². The summed E-state index contributed by atoms with van der Waals surface area (Å²) in [6.45, 7) is 2.46. The van der Waals surface area contributed by atoms with Gasteiger partial charge in [-0.25, -0.2) is 9.78 Å². The van der Waals surface area contributed by atoms with Crippen LogP contribution in [-0.4, -0.2) is 27.9 Å². The smallest absolute Gasteiger partial charge is 0.338 e. The van der Waals surface area contributed by atoms with Gasteiger partial charge >= 0.3 is 5.97 Å². The number of ether oxygens (including phenoxy) is 1. The Labute approximate surface area is 201 Å². The topological polar surface area (TPSA) is 72.7 Å². The van der Waals surface area contributed by atoms with Crippen LogP contribution in [0.1, 0.15) is 42.2 Å². The number of rotatable bonds is 9. The molecule has 0 fully saturated rings. The number of thiazole rings is 1. The summed E-state index contributed by atoms with van der Waals surface area (Å²) in [6.07, 6.45) is 4.73. The molecule has 0 radical (unpaired) electrons. The number of aromatic nitrogens is 2. The number of anilines is 1. The van der Waals surface area contributed by atoms with Crippen LogP contribution in [0.25, 0.3) is 16.2 Å². The number of hydrogen-bond acceptors (Lipinski definition) is 5. The van der Waals surface area contributed by atoms with Gasteiger partial charge in [0.25, 0.3) is 0 Å². The van der Waals surface area contributed by atoms with Crippen molar-refractivity contribution in [2.45, 2.75) is 32.6 Å². The molecular weight excluding hydrogens is 458 g/mol. The van der Waals surface area contributed by atoms with Gasteiger partial charge in [-0.3, -0.25) is 9.20 Å². The van der Waals surface area contributed by atoms with E-state index in [2.05, 4.69) is 10.3 Å². The molecule has 4 rings (SSSR count). The highest BCUT2D eigenvalue weighted by molar-refractivity contribution is 7.15. The van der Waals surface area contributed by atoms with Gasteiger partial charge in [-0.05, 0) is 49.2 Å². The first-order chi connectivity index (χ1) is 16.0. The van der Waals surface area contributed by atoms with Crippen LogP contribution in [0.3, 0.4) is 0 Å². The molecule has 1 N–H and O–H groups in total. The zero-order valence-corrected chi connectivity index (χ0v) is 19.8. The fourth-order valence-electron chi connectivity index (χ4n) is 3.32. The van der Waals surface area contributed by atoms with Gasteiger partial charge < -0.3 is 10.1 Å². The second kappa shape index (κ2) is 10.6. The predicted octanol–water partition coefficient (Wildman–Crippen LogP) is 6.24. The molecule has 0 aliphatic heterocycles. The summed E-state index contributed by atoms with van der Waals surface area (Å²) in [4.78, 5) is 30.0. The van der Waals surface area contributed by atoms with E-state index in [0.29, 0.717) is 35.7 Å². The lowest BCUT2D eigenvalue weighted by atomic mass is 10.2. The van der Waals surface area contributed by atoms with Crippen molar-refractivity contribution in [1.82, 2.24) is 9.38 Å². The number of hydrogen-bond donors (Lipinski definition) is 1. The molecule has 0 spiro atoms. The van der Waals surface area contributed by atoms with Gasteiger partial charge in [0.1, 0.15) is 0 Å². The molecule has 6 nitrogen and oxygen atoms in total. The predicted molar refractivity (Wildman–Crippen MR) is 132 cm³/mol. The first-order valence-electron chi connectivity index (χ1n) is 10.8. The maximum atomic E-state index is 12.5. The Hall–Kier alpha value is -3.16. The first kappa shape index (κ1) is 23.0.